The van der Waals surface area contributed by atoms with Crippen LogP contribution in [0.4, 0.5) is 0 Å². The molecule has 114 valence electrons. The van der Waals surface area contributed by atoms with E-state index in [-0.39, 0.29) is 0 Å². The van der Waals surface area contributed by atoms with E-state index in [1.807, 2.05) is 38.1 Å². The van der Waals surface area contributed by atoms with Crippen LogP contribution in [0.2, 0.25) is 0 Å². The number of aliphatic hydroxyl groups is 1. The third-order valence-corrected chi connectivity index (χ3v) is 4.76. The van der Waals surface area contributed by atoms with E-state index in [2.05, 4.69) is 27.3 Å². The molecule has 0 amide bonds. The van der Waals surface area contributed by atoms with Crippen LogP contribution >= 0.6 is 27.3 Å². The van der Waals surface area contributed by atoms with Crippen molar-refractivity contribution in [3.63, 3.8) is 0 Å². The van der Waals surface area contributed by atoms with Gasteiger partial charge in [-0.05, 0) is 53.0 Å². The summed E-state index contributed by atoms with van der Waals surface area (Å²) in [5, 5.41) is 13.2. The Morgan fingerprint density at radius 2 is 1.95 bits per heavy atom. The third-order valence-electron chi connectivity index (χ3n) is 3.14. The van der Waals surface area contributed by atoms with Crippen LogP contribution in [-0.2, 0) is 6.54 Å². The molecule has 2 rings (SSSR count). The largest absolute Gasteiger partial charge is 0.490 e. The van der Waals surface area contributed by atoms with Gasteiger partial charge in [-0.1, -0.05) is 18.2 Å². The number of hydrogen-bond donors (Lipinski definition) is 2. The molecule has 0 saturated heterocycles. The quantitative estimate of drug-likeness (QED) is 0.782. The van der Waals surface area contributed by atoms with Gasteiger partial charge in [0, 0.05) is 18.0 Å². The Bertz CT molecular complexity index is 565. The monoisotopic (exact) mass is 369 g/mol. The number of halogens is 1. The normalized spacial score (nSPS) is 12.4. The number of aryl methyl sites for hydroxylation is 2. The third kappa shape index (κ3) is 5.11. The van der Waals surface area contributed by atoms with Gasteiger partial charge >= 0.3 is 0 Å². The van der Waals surface area contributed by atoms with Crippen LogP contribution in [0.5, 0.6) is 5.75 Å². The van der Waals surface area contributed by atoms with E-state index in [0.717, 1.165) is 27.2 Å². The second-order valence-corrected chi connectivity index (χ2v) is 7.57. The van der Waals surface area contributed by atoms with Crippen molar-refractivity contribution in [3.8, 4) is 5.75 Å². The average molecular weight is 370 g/mol. The van der Waals surface area contributed by atoms with Crippen LogP contribution in [-0.4, -0.2) is 24.4 Å². The highest BCUT2D eigenvalue weighted by Gasteiger charge is 2.08. The summed E-state index contributed by atoms with van der Waals surface area (Å²) in [7, 11) is 0. The maximum Gasteiger partial charge on any atom is 0.125 e. The number of aliphatic hydroxyl groups excluding tert-OH is 1. The lowest BCUT2D eigenvalue weighted by molar-refractivity contribution is 0.105. The Morgan fingerprint density at radius 1 is 1.24 bits per heavy atom. The minimum absolute atomic E-state index is 0.298. The second kappa shape index (κ2) is 7.94. The molecule has 5 heteroatoms. The summed E-state index contributed by atoms with van der Waals surface area (Å²) in [6.45, 7) is 5.60. The summed E-state index contributed by atoms with van der Waals surface area (Å²) in [5.74, 6) is 0.874. The molecule has 2 N–H and O–H groups in total. The zero-order valence-corrected chi connectivity index (χ0v) is 14.6. The molecular weight excluding hydrogens is 350 g/mol. The van der Waals surface area contributed by atoms with Gasteiger partial charge in [0.2, 0.25) is 0 Å². The van der Waals surface area contributed by atoms with Crippen molar-refractivity contribution in [1.82, 2.24) is 5.32 Å². The predicted molar refractivity (Wildman–Crippen MR) is 91.1 cm³/mol. The Kier molecular flexibility index (Phi) is 6.23. The fourth-order valence-corrected chi connectivity index (χ4v) is 3.53. The zero-order valence-electron chi connectivity index (χ0n) is 12.2. The number of nitrogens with one attached hydrogen (secondary N) is 1. The van der Waals surface area contributed by atoms with Crippen molar-refractivity contribution >= 4 is 27.3 Å². The van der Waals surface area contributed by atoms with E-state index in [1.54, 1.807) is 11.3 Å². The van der Waals surface area contributed by atoms with E-state index in [1.165, 1.54) is 4.88 Å². The minimum atomic E-state index is -0.521. The molecule has 0 spiro atoms. The smallest absolute Gasteiger partial charge is 0.125 e. The van der Waals surface area contributed by atoms with Crippen molar-refractivity contribution < 1.29 is 9.84 Å². The summed E-state index contributed by atoms with van der Waals surface area (Å²) in [5.41, 5.74) is 2.19. The Labute approximate surface area is 138 Å². The number of rotatable bonds is 7. The number of ether oxygens (including phenoxy) is 1. The van der Waals surface area contributed by atoms with Gasteiger partial charge in [0.25, 0.3) is 0 Å². The van der Waals surface area contributed by atoms with Gasteiger partial charge in [0.15, 0.2) is 0 Å². The summed E-state index contributed by atoms with van der Waals surface area (Å²) in [6.07, 6.45) is -0.521. The van der Waals surface area contributed by atoms with Crippen LogP contribution in [0.15, 0.2) is 34.1 Å². The molecule has 0 aliphatic rings. The number of benzene rings is 1. The lowest BCUT2D eigenvalue weighted by Crippen LogP contribution is -2.31. The summed E-state index contributed by atoms with van der Waals surface area (Å²) in [4.78, 5) is 1.24. The topological polar surface area (TPSA) is 41.5 Å². The van der Waals surface area contributed by atoms with Gasteiger partial charge in [-0.3, -0.25) is 0 Å². The van der Waals surface area contributed by atoms with Gasteiger partial charge in [-0.25, -0.2) is 0 Å². The molecule has 0 aliphatic heterocycles. The first kappa shape index (κ1) is 16.5. The number of para-hydroxylation sites is 1. The average Bonchev–Trinajstić information content (AvgIpc) is 2.84. The first-order chi connectivity index (χ1) is 10.1. The molecule has 3 nitrogen and oxygen atoms in total. The lowest BCUT2D eigenvalue weighted by Gasteiger charge is -2.16. The molecule has 1 aromatic heterocycles. The molecular formula is C16H20BrNO2S. The molecule has 0 saturated carbocycles. The van der Waals surface area contributed by atoms with Crippen LogP contribution in [0.25, 0.3) is 0 Å². The molecule has 1 atom stereocenters. The first-order valence-corrected chi connectivity index (χ1v) is 8.49. The molecule has 1 aromatic carbocycles. The zero-order chi connectivity index (χ0) is 15.2. The lowest BCUT2D eigenvalue weighted by atomic mass is 10.1. The van der Waals surface area contributed by atoms with Crippen LogP contribution in [0.1, 0.15) is 16.0 Å². The first-order valence-electron chi connectivity index (χ1n) is 6.88. The van der Waals surface area contributed by atoms with E-state index in [4.69, 9.17) is 4.74 Å². The number of thiophene rings is 1. The summed E-state index contributed by atoms with van der Waals surface area (Å²) >= 11 is 5.13. The summed E-state index contributed by atoms with van der Waals surface area (Å²) < 4.78 is 6.86. The second-order valence-electron chi connectivity index (χ2n) is 5.02. The predicted octanol–water partition coefficient (Wildman–Crippen LogP) is 3.66. The van der Waals surface area contributed by atoms with Gasteiger partial charge in [-0.2, -0.15) is 0 Å². The highest BCUT2D eigenvalue weighted by Crippen LogP contribution is 2.23. The molecule has 0 bridgehead atoms. The highest BCUT2D eigenvalue weighted by molar-refractivity contribution is 9.11. The number of hydrogen-bond acceptors (Lipinski definition) is 4. The maximum absolute atomic E-state index is 9.98. The highest BCUT2D eigenvalue weighted by atomic mass is 79.9. The molecule has 1 heterocycles. The van der Waals surface area contributed by atoms with Crippen molar-refractivity contribution in [1.29, 1.82) is 0 Å². The molecule has 0 radical (unpaired) electrons. The van der Waals surface area contributed by atoms with Crippen LogP contribution in [0.3, 0.4) is 0 Å². The van der Waals surface area contributed by atoms with Crippen LogP contribution in [0, 0.1) is 13.8 Å². The van der Waals surface area contributed by atoms with Crippen LogP contribution < -0.4 is 10.1 Å². The van der Waals surface area contributed by atoms with Crippen molar-refractivity contribution in [3.05, 3.63) is 50.1 Å². The summed E-state index contributed by atoms with van der Waals surface area (Å²) in [6, 6.07) is 10.1. The van der Waals surface area contributed by atoms with Gasteiger partial charge in [-0.15, -0.1) is 11.3 Å². The molecule has 0 fully saturated rings. The molecule has 2 aromatic rings. The van der Waals surface area contributed by atoms with Crippen molar-refractivity contribution in [2.45, 2.75) is 26.5 Å². The molecule has 0 aliphatic carbocycles. The standard InChI is InChI=1S/C16H20BrNO2S/c1-11-4-3-5-12(2)16(11)20-10-13(19)8-18-9-14-6-7-15(17)21-14/h3-7,13,18-19H,8-10H2,1-2H3. The Hall–Kier alpha value is -0.880. The minimum Gasteiger partial charge on any atom is -0.490 e. The van der Waals surface area contributed by atoms with E-state index < -0.39 is 6.10 Å². The van der Waals surface area contributed by atoms with Crippen molar-refractivity contribution in [2.24, 2.45) is 0 Å². The fraction of sp³-hybridized carbons (Fsp3) is 0.375. The van der Waals surface area contributed by atoms with Crippen molar-refractivity contribution in [2.75, 3.05) is 13.2 Å². The van der Waals surface area contributed by atoms with Gasteiger partial charge < -0.3 is 15.2 Å². The fourth-order valence-electron chi connectivity index (χ4n) is 2.07. The van der Waals surface area contributed by atoms with Gasteiger partial charge in [0.05, 0.1) is 3.79 Å². The van der Waals surface area contributed by atoms with Gasteiger partial charge in [0.1, 0.15) is 18.5 Å². The van der Waals surface area contributed by atoms with E-state index in [0.29, 0.717) is 13.2 Å². The molecule has 1 unspecified atom stereocenters. The molecule has 21 heavy (non-hydrogen) atoms. The SMILES string of the molecule is Cc1cccc(C)c1OCC(O)CNCc1ccc(Br)s1. The van der Waals surface area contributed by atoms with E-state index >= 15 is 0 Å². The Balaban J connectivity index is 1.73. The Morgan fingerprint density at radius 3 is 2.57 bits per heavy atom. The van der Waals surface area contributed by atoms with E-state index in [9.17, 15) is 5.11 Å². The maximum atomic E-state index is 9.98.